The summed E-state index contributed by atoms with van der Waals surface area (Å²) in [6, 6.07) is 12.9. The van der Waals surface area contributed by atoms with Crippen molar-refractivity contribution in [2.45, 2.75) is 32.2 Å². The number of nitrogens with one attached hydrogen (secondary N) is 1. The van der Waals surface area contributed by atoms with Crippen LogP contribution in [-0.4, -0.2) is 33.2 Å². The molecule has 0 aliphatic rings. The van der Waals surface area contributed by atoms with Crippen LogP contribution in [0.25, 0.3) is 0 Å². The average Bonchev–Trinajstić information content (AvgIpc) is 2.72. The minimum Gasteiger partial charge on any atom is -0.493 e. The number of esters is 1. The van der Waals surface area contributed by atoms with Crippen LogP contribution >= 0.6 is 0 Å². The van der Waals surface area contributed by atoms with Crippen molar-refractivity contribution >= 4 is 11.9 Å². The summed E-state index contributed by atoms with van der Waals surface area (Å²) in [7, 11) is 4.42. The second kappa shape index (κ2) is 10.3. The monoisotopic (exact) mass is 385 g/mol. The molecule has 0 aliphatic heterocycles. The standard InChI is InChI=1S/C22H27NO5/c1-15-5-7-16(8-6-15)9-12-21(24)23-18(14-22(25)28-4)17-10-11-19(26-2)20(13-17)27-3/h5-8,10-11,13,18H,9,12,14H2,1-4H3,(H,23,24). The first-order valence-electron chi connectivity index (χ1n) is 9.10. The number of ether oxygens (including phenoxy) is 3. The van der Waals surface area contributed by atoms with E-state index in [0.717, 1.165) is 11.1 Å². The van der Waals surface area contributed by atoms with E-state index in [0.29, 0.717) is 24.3 Å². The third kappa shape index (κ3) is 6.01. The van der Waals surface area contributed by atoms with Crippen molar-refractivity contribution in [3.05, 3.63) is 59.2 Å². The molecule has 0 fully saturated rings. The molecule has 0 aromatic heterocycles. The van der Waals surface area contributed by atoms with E-state index < -0.39 is 12.0 Å². The Morgan fingerprint density at radius 2 is 1.64 bits per heavy atom. The zero-order chi connectivity index (χ0) is 20.5. The summed E-state index contributed by atoms with van der Waals surface area (Å²) in [5.74, 6) is 0.570. The van der Waals surface area contributed by atoms with Gasteiger partial charge in [-0.1, -0.05) is 35.9 Å². The van der Waals surface area contributed by atoms with Gasteiger partial charge in [-0.15, -0.1) is 0 Å². The normalized spacial score (nSPS) is 11.4. The Balaban J connectivity index is 2.10. The van der Waals surface area contributed by atoms with Crippen molar-refractivity contribution in [1.29, 1.82) is 0 Å². The number of rotatable bonds is 9. The van der Waals surface area contributed by atoms with Crippen molar-refractivity contribution in [3.63, 3.8) is 0 Å². The zero-order valence-electron chi connectivity index (χ0n) is 16.8. The predicted molar refractivity (Wildman–Crippen MR) is 107 cm³/mol. The molecule has 2 rings (SSSR count). The number of aryl methyl sites for hydroxylation is 2. The van der Waals surface area contributed by atoms with Crippen molar-refractivity contribution in [2.75, 3.05) is 21.3 Å². The summed E-state index contributed by atoms with van der Waals surface area (Å²) in [4.78, 5) is 24.3. The molecule has 6 heteroatoms. The van der Waals surface area contributed by atoms with E-state index in [9.17, 15) is 9.59 Å². The van der Waals surface area contributed by atoms with Crippen LogP contribution in [0.2, 0.25) is 0 Å². The van der Waals surface area contributed by atoms with Crippen LogP contribution in [0, 0.1) is 6.92 Å². The number of methoxy groups -OCH3 is 3. The van der Waals surface area contributed by atoms with Gasteiger partial charge in [-0.05, 0) is 36.6 Å². The van der Waals surface area contributed by atoms with E-state index in [4.69, 9.17) is 14.2 Å². The molecule has 1 unspecified atom stereocenters. The molecular formula is C22H27NO5. The van der Waals surface area contributed by atoms with E-state index in [-0.39, 0.29) is 12.3 Å². The molecule has 0 saturated carbocycles. The first kappa shape index (κ1) is 21.3. The lowest BCUT2D eigenvalue weighted by Gasteiger charge is -2.20. The molecule has 0 bridgehead atoms. The zero-order valence-corrected chi connectivity index (χ0v) is 16.8. The molecule has 0 radical (unpaired) electrons. The lowest BCUT2D eigenvalue weighted by Crippen LogP contribution is -2.30. The maximum Gasteiger partial charge on any atom is 0.307 e. The Morgan fingerprint density at radius 1 is 0.964 bits per heavy atom. The van der Waals surface area contributed by atoms with Gasteiger partial charge in [-0.3, -0.25) is 9.59 Å². The average molecular weight is 385 g/mol. The maximum atomic E-state index is 12.5. The van der Waals surface area contributed by atoms with Gasteiger partial charge in [-0.2, -0.15) is 0 Å². The van der Waals surface area contributed by atoms with Crippen molar-refractivity contribution < 1.29 is 23.8 Å². The minimum absolute atomic E-state index is 0.0300. The third-order valence-corrected chi connectivity index (χ3v) is 4.50. The van der Waals surface area contributed by atoms with E-state index in [1.807, 2.05) is 31.2 Å². The summed E-state index contributed by atoms with van der Waals surface area (Å²) < 4.78 is 15.4. The predicted octanol–water partition coefficient (Wildman–Crippen LogP) is 3.37. The Bertz CT molecular complexity index is 801. The van der Waals surface area contributed by atoms with Crippen LogP contribution in [-0.2, 0) is 20.7 Å². The van der Waals surface area contributed by atoms with Crippen LogP contribution in [0.3, 0.4) is 0 Å². The SMILES string of the molecule is COC(=O)CC(NC(=O)CCc1ccc(C)cc1)c1ccc(OC)c(OC)c1. The van der Waals surface area contributed by atoms with Gasteiger partial charge in [0.15, 0.2) is 11.5 Å². The van der Waals surface area contributed by atoms with E-state index in [1.54, 1.807) is 25.3 Å². The molecule has 0 spiro atoms. The van der Waals surface area contributed by atoms with Gasteiger partial charge in [0.2, 0.25) is 5.91 Å². The van der Waals surface area contributed by atoms with Gasteiger partial charge in [0.25, 0.3) is 0 Å². The first-order chi connectivity index (χ1) is 13.5. The summed E-state index contributed by atoms with van der Waals surface area (Å²) in [6.07, 6.45) is 0.985. The fraction of sp³-hybridized carbons (Fsp3) is 0.364. The lowest BCUT2D eigenvalue weighted by atomic mass is 10.0. The smallest absolute Gasteiger partial charge is 0.307 e. The second-order valence-corrected chi connectivity index (χ2v) is 6.50. The van der Waals surface area contributed by atoms with Crippen molar-refractivity contribution in [1.82, 2.24) is 5.32 Å². The molecular weight excluding hydrogens is 358 g/mol. The summed E-state index contributed by atoms with van der Waals surface area (Å²) >= 11 is 0. The molecule has 150 valence electrons. The van der Waals surface area contributed by atoms with Crippen molar-refractivity contribution in [3.8, 4) is 11.5 Å². The van der Waals surface area contributed by atoms with Crippen LogP contribution in [0.5, 0.6) is 11.5 Å². The number of hydrogen-bond acceptors (Lipinski definition) is 5. The van der Waals surface area contributed by atoms with E-state index >= 15 is 0 Å². The number of hydrogen-bond donors (Lipinski definition) is 1. The highest BCUT2D eigenvalue weighted by atomic mass is 16.5. The summed E-state index contributed by atoms with van der Waals surface area (Å²) in [5, 5.41) is 2.93. The largest absolute Gasteiger partial charge is 0.493 e. The molecule has 0 aliphatic carbocycles. The molecule has 2 aromatic rings. The van der Waals surface area contributed by atoms with Gasteiger partial charge >= 0.3 is 5.97 Å². The lowest BCUT2D eigenvalue weighted by molar-refractivity contribution is -0.141. The molecule has 0 saturated heterocycles. The Labute approximate surface area is 165 Å². The van der Waals surface area contributed by atoms with Gasteiger partial charge in [-0.25, -0.2) is 0 Å². The highest BCUT2D eigenvalue weighted by Gasteiger charge is 2.20. The number of amides is 1. The quantitative estimate of drug-likeness (QED) is 0.670. The fourth-order valence-corrected chi connectivity index (χ4v) is 2.85. The number of carbonyl (C=O) groups excluding carboxylic acids is 2. The molecule has 28 heavy (non-hydrogen) atoms. The molecule has 1 atom stereocenters. The highest BCUT2D eigenvalue weighted by Crippen LogP contribution is 2.31. The highest BCUT2D eigenvalue weighted by molar-refractivity contribution is 5.78. The number of benzene rings is 2. The van der Waals surface area contributed by atoms with E-state index in [1.165, 1.54) is 19.8 Å². The summed E-state index contributed by atoms with van der Waals surface area (Å²) in [6.45, 7) is 2.02. The van der Waals surface area contributed by atoms with Gasteiger partial charge in [0, 0.05) is 6.42 Å². The molecule has 1 amide bonds. The number of carbonyl (C=O) groups is 2. The van der Waals surface area contributed by atoms with Crippen LogP contribution in [0.1, 0.15) is 35.6 Å². The Hall–Kier alpha value is -3.02. The fourth-order valence-electron chi connectivity index (χ4n) is 2.85. The van der Waals surface area contributed by atoms with Crippen LogP contribution in [0.4, 0.5) is 0 Å². The van der Waals surface area contributed by atoms with Gasteiger partial charge in [0.05, 0.1) is 33.8 Å². The third-order valence-electron chi connectivity index (χ3n) is 4.50. The molecule has 2 aromatic carbocycles. The van der Waals surface area contributed by atoms with Gasteiger partial charge < -0.3 is 19.5 Å². The first-order valence-corrected chi connectivity index (χ1v) is 9.10. The maximum absolute atomic E-state index is 12.5. The Morgan fingerprint density at radius 3 is 2.25 bits per heavy atom. The minimum atomic E-state index is -0.516. The Kier molecular flexibility index (Phi) is 7.87. The second-order valence-electron chi connectivity index (χ2n) is 6.50. The molecule has 1 N–H and O–H groups in total. The van der Waals surface area contributed by atoms with Crippen molar-refractivity contribution in [2.24, 2.45) is 0 Å². The molecule has 0 heterocycles. The van der Waals surface area contributed by atoms with Crippen LogP contribution in [0.15, 0.2) is 42.5 Å². The van der Waals surface area contributed by atoms with E-state index in [2.05, 4.69) is 5.32 Å². The topological polar surface area (TPSA) is 73.9 Å². The summed E-state index contributed by atoms with van der Waals surface area (Å²) in [5.41, 5.74) is 3.02. The van der Waals surface area contributed by atoms with Crippen LogP contribution < -0.4 is 14.8 Å². The molecule has 6 nitrogen and oxygen atoms in total. The van der Waals surface area contributed by atoms with Gasteiger partial charge in [0.1, 0.15) is 0 Å².